The lowest BCUT2D eigenvalue weighted by Gasteiger charge is -2.20. The number of amides is 2. The third-order valence-electron chi connectivity index (χ3n) is 6.88. The Bertz CT molecular complexity index is 1110. The fourth-order valence-corrected chi connectivity index (χ4v) is 4.98. The molecule has 0 unspecified atom stereocenters. The number of anilines is 2. The molecule has 0 spiro atoms. The summed E-state index contributed by atoms with van der Waals surface area (Å²) in [6.45, 7) is 0. The van der Waals surface area contributed by atoms with Crippen molar-refractivity contribution in [3.05, 3.63) is 42.5 Å². The minimum absolute atomic E-state index is 0.118. The lowest BCUT2D eigenvalue weighted by molar-refractivity contribution is -0.121. The molecule has 0 radical (unpaired) electrons. The van der Waals surface area contributed by atoms with Gasteiger partial charge in [-0.25, -0.2) is 4.98 Å². The average Bonchev–Trinajstić information content (AvgIpc) is 3.50. The fourth-order valence-electron chi connectivity index (χ4n) is 4.98. The van der Waals surface area contributed by atoms with E-state index in [-0.39, 0.29) is 23.7 Å². The molecule has 0 aliphatic heterocycles. The number of hydrogen-bond donors (Lipinski definition) is 3. The van der Waals surface area contributed by atoms with Gasteiger partial charge in [-0.2, -0.15) is 0 Å². The van der Waals surface area contributed by atoms with Gasteiger partial charge >= 0.3 is 0 Å². The number of hydrogen-bond acceptors (Lipinski definition) is 3. The highest BCUT2D eigenvalue weighted by atomic mass is 16.2. The van der Waals surface area contributed by atoms with Gasteiger partial charge in [0.2, 0.25) is 11.8 Å². The molecule has 0 bridgehead atoms. The molecular weight excluding hydrogens is 400 g/mol. The van der Waals surface area contributed by atoms with E-state index in [0.717, 1.165) is 85.2 Å². The van der Waals surface area contributed by atoms with Crippen LogP contribution >= 0.6 is 0 Å². The molecule has 2 aliphatic rings. The molecule has 2 aliphatic carbocycles. The zero-order chi connectivity index (χ0) is 21.9. The molecule has 1 heterocycles. The van der Waals surface area contributed by atoms with Crippen molar-refractivity contribution >= 4 is 34.2 Å². The summed E-state index contributed by atoms with van der Waals surface area (Å²) >= 11 is 0. The maximum absolute atomic E-state index is 12.5. The van der Waals surface area contributed by atoms with Crippen LogP contribution in [0.2, 0.25) is 0 Å². The minimum Gasteiger partial charge on any atom is -0.338 e. The highest BCUT2D eigenvalue weighted by Crippen LogP contribution is 2.28. The summed E-state index contributed by atoms with van der Waals surface area (Å²) in [4.78, 5) is 32.9. The van der Waals surface area contributed by atoms with E-state index in [9.17, 15) is 9.59 Å². The number of rotatable bonds is 5. The van der Waals surface area contributed by atoms with Gasteiger partial charge in [0.15, 0.2) is 0 Å². The number of aromatic nitrogens is 2. The van der Waals surface area contributed by atoms with Gasteiger partial charge in [-0.3, -0.25) is 9.59 Å². The molecule has 2 fully saturated rings. The van der Waals surface area contributed by atoms with Crippen molar-refractivity contribution in [3.63, 3.8) is 0 Å². The molecule has 0 atom stereocenters. The van der Waals surface area contributed by atoms with Crippen molar-refractivity contribution in [3.8, 4) is 11.4 Å². The summed E-state index contributed by atoms with van der Waals surface area (Å²) in [5, 5.41) is 6.11. The van der Waals surface area contributed by atoms with Gasteiger partial charge in [0, 0.05) is 28.8 Å². The number of fused-ring (bicyclic) bond motifs is 1. The van der Waals surface area contributed by atoms with E-state index in [0.29, 0.717) is 0 Å². The predicted molar refractivity (Wildman–Crippen MR) is 127 cm³/mol. The Morgan fingerprint density at radius 1 is 0.750 bits per heavy atom. The second-order valence-corrected chi connectivity index (χ2v) is 9.19. The van der Waals surface area contributed by atoms with Crippen LogP contribution < -0.4 is 10.6 Å². The normalized spacial score (nSPS) is 17.5. The second-order valence-electron chi connectivity index (χ2n) is 9.19. The fraction of sp³-hybridized carbons (Fsp3) is 0.423. The first-order chi connectivity index (χ1) is 15.7. The van der Waals surface area contributed by atoms with Crippen LogP contribution in [0.3, 0.4) is 0 Å². The van der Waals surface area contributed by atoms with E-state index in [1.54, 1.807) is 0 Å². The Balaban J connectivity index is 1.26. The number of H-pyrrole nitrogens is 1. The number of carbonyl (C=O) groups excluding carboxylic acids is 2. The first-order valence-corrected chi connectivity index (χ1v) is 11.9. The molecule has 5 rings (SSSR count). The molecule has 2 saturated carbocycles. The van der Waals surface area contributed by atoms with Gasteiger partial charge in [-0.05, 0) is 68.1 Å². The number of imidazole rings is 1. The van der Waals surface area contributed by atoms with Gasteiger partial charge in [0.05, 0.1) is 11.0 Å². The van der Waals surface area contributed by atoms with E-state index in [2.05, 4.69) is 20.6 Å². The maximum Gasteiger partial charge on any atom is 0.227 e. The Hall–Kier alpha value is -3.15. The first-order valence-electron chi connectivity index (χ1n) is 11.9. The van der Waals surface area contributed by atoms with Crippen molar-refractivity contribution in [2.75, 3.05) is 10.6 Å². The molecule has 3 N–H and O–H groups in total. The van der Waals surface area contributed by atoms with E-state index in [1.807, 2.05) is 42.5 Å². The molecule has 2 amide bonds. The van der Waals surface area contributed by atoms with Gasteiger partial charge < -0.3 is 15.6 Å². The summed E-state index contributed by atoms with van der Waals surface area (Å²) in [5.74, 6) is 1.30. The SMILES string of the molecule is O=C(Nc1ccc(-c2nc3ccc(NC(=O)C4CCCC4)cc3[nH]2)cc1)C1CCCCC1. The van der Waals surface area contributed by atoms with Crippen LogP contribution in [0.15, 0.2) is 42.5 Å². The molecule has 3 aromatic rings. The number of nitrogens with one attached hydrogen (secondary N) is 3. The molecule has 32 heavy (non-hydrogen) atoms. The van der Waals surface area contributed by atoms with Gasteiger partial charge in [-0.1, -0.05) is 32.1 Å². The van der Waals surface area contributed by atoms with Crippen molar-refractivity contribution in [2.24, 2.45) is 11.8 Å². The van der Waals surface area contributed by atoms with Crippen molar-refractivity contribution in [1.29, 1.82) is 0 Å². The summed E-state index contributed by atoms with van der Waals surface area (Å²) in [6.07, 6.45) is 9.78. The average molecular weight is 431 g/mol. The third-order valence-corrected chi connectivity index (χ3v) is 6.88. The van der Waals surface area contributed by atoms with Gasteiger partial charge in [0.1, 0.15) is 5.82 Å². The van der Waals surface area contributed by atoms with Gasteiger partial charge in [0.25, 0.3) is 0 Å². The second kappa shape index (κ2) is 9.15. The van der Waals surface area contributed by atoms with E-state index < -0.39 is 0 Å². The van der Waals surface area contributed by atoms with Crippen LogP contribution in [0.1, 0.15) is 57.8 Å². The number of nitrogens with zero attached hydrogens (tertiary/aromatic N) is 1. The molecule has 6 heteroatoms. The summed E-state index contributed by atoms with van der Waals surface area (Å²) in [6, 6.07) is 13.6. The highest BCUT2D eigenvalue weighted by molar-refractivity contribution is 5.95. The molecular formula is C26H30N4O2. The zero-order valence-corrected chi connectivity index (χ0v) is 18.3. The topological polar surface area (TPSA) is 86.9 Å². The smallest absolute Gasteiger partial charge is 0.227 e. The van der Waals surface area contributed by atoms with Crippen LogP contribution in [-0.4, -0.2) is 21.8 Å². The lowest BCUT2D eigenvalue weighted by Crippen LogP contribution is -2.24. The van der Waals surface area contributed by atoms with Crippen LogP contribution in [0.4, 0.5) is 11.4 Å². The molecule has 166 valence electrons. The van der Waals surface area contributed by atoms with E-state index in [4.69, 9.17) is 0 Å². The van der Waals surface area contributed by atoms with Crippen LogP contribution in [-0.2, 0) is 9.59 Å². The number of benzene rings is 2. The predicted octanol–water partition coefficient (Wildman–Crippen LogP) is 5.88. The van der Waals surface area contributed by atoms with Crippen LogP contribution in [0, 0.1) is 11.8 Å². The van der Waals surface area contributed by atoms with Crippen molar-refractivity contribution in [2.45, 2.75) is 57.8 Å². The minimum atomic E-state index is 0.118. The van der Waals surface area contributed by atoms with E-state index >= 15 is 0 Å². The zero-order valence-electron chi connectivity index (χ0n) is 18.3. The van der Waals surface area contributed by atoms with E-state index in [1.165, 1.54) is 6.42 Å². The highest BCUT2D eigenvalue weighted by Gasteiger charge is 2.23. The molecule has 1 aromatic heterocycles. The summed E-state index contributed by atoms with van der Waals surface area (Å²) < 4.78 is 0. The molecule has 0 saturated heterocycles. The maximum atomic E-state index is 12.5. The first kappa shape index (κ1) is 20.7. The Morgan fingerprint density at radius 3 is 1.97 bits per heavy atom. The van der Waals surface area contributed by atoms with Crippen LogP contribution in [0.25, 0.3) is 22.4 Å². The third kappa shape index (κ3) is 4.54. The Kier molecular flexibility index (Phi) is 5.93. The Morgan fingerprint density at radius 2 is 1.31 bits per heavy atom. The molecule has 2 aromatic carbocycles. The van der Waals surface area contributed by atoms with Gasteiger partial charge in [-0.15, -0.1) is 0 Å². The monoisotopic (exact) mass is 430 g/mol. The molecule has 6 nitrogen and oxygen atoms in total. The van der Waals surface area contributed by atoms with Crippen LogP contribution in [0.5, 0.6) is 0 Å². The standard InChI is InChI=1S/C26H30N4O2/c31-25(18-6-2-1-3-7-18)27-20-12-10-17(11-13-20)24-29-22-15-14-21(16-23(22)30-24)28-26(32)19-8-4-5-9-19/h10-16,18-19H,1-9H2,(H,27,31)(H,28,32)(H,29,30). The Labute approximate surface area is 188 Å². The number of carbonyl (C=O) groups is 2. The van der Waals surface area contributed by atoms with Crippen molar-refractivity contribution < 1.29 is 9.59 Å². The summed E-state index contributed by atoms with van der Waals surface area (Å²) in [7, 11) is 0. The number of aromatic amines is 1. The summed E-state index contributed by atoms with van der Waals surface area (Å²) in [5.41, 5.74) is 4.31. The van der Waals surface area contributed by atoms with Crippen molar-refractivity contribution in [1.82, 2.24) is 9.97 Å². The quantitative estimate of drug-likeness (QED) is 0.472. The lowest BCUT2D eigenvalue weighted by atomic mass is 9.88. The largest absolute Gasteiger partial charge is 0.338 e.